The molecule has 5 heterocycles. The molecule has 0 atom stereocenters. The minimum absolute atomic E-state index is 0.233. The predicted octanol–water partition coefficient (Wildman–Crippen LogP) is 4.23. The van der Waals surface area contributed by atoms with Crippen molar-refractivity contribution in [1.29, 1.82) is 0 Å². The summed E-state index contributed by atoms with van der Waals surface area (Å²) in [5.41, 5.74) is 4.35. The first-order valence-electron chi connectivity index (χ1n) is 13.1. The molecule has 196 valence electrons. The number of benzene rings is 1. The van der Waals surface area contributed by atoms with Crippen LogP contribution in [0.4, 0.5) is 15.9 Å². The van der Waals surface area contributed by atoms with Gasteiger partial charge in [0.25, 0.3) is 5.91 Å². The van der Waals surface area contributed by atoms with E-state index in [4.69, 9.17) is 4.74 Å². The van der Waals surface area contributed by atoms with Crippen molar-refractivity contribution in [1.82, 2.24) is 25.1 Å². The topological polar surface area (TPSA) is 99.3 Å². The number of aromatic amines is 1. The van der Waals surface area contributed by atoms with Gasteiger partial charge in [-0.25, -0.2) is 9.37 Å². The molecule has 0 spiro atoms. The number of piperidine rings is 1. The fraction of sp³-hybridized carbons (Fsp3) is 0.357. The van der Waals surface area contributed by atoms with Gasteiger partial charge in [0.1, 0.15) is 0 Å². The molecule has 0 aliphatic carbocycles. The van der Waals surface area contributed by atoms with Gasteiger partial charge in [0.15, 0.2) is 17.3 Å². The number of rotatable bonds is 6. The van der Waals surface area contributed by atoms with Crippen LogP contribution in [0.25, 0.3) is 22.0 Å². The average Bonchev–Trinajstić information content (AvgIpc) is 3.38. The van der Waals surface area contributed by atoms with Gasteiger partial charge >= 0.3 is 0 Å². The highest BCUT2D eigenvalue weighted by molar-refractivity contribution is 6.11. The highest BCUT2D eigenvalue weighted by Crippen LogP contribution is 2.27. The van der Waals surface area contributed by atoms with Crippen LogP contribution < -0.4 is 10.2 Å². The summed E-state index contributed by atoms with van der Waals surface area (Å²) in [5, 5.41) is 10.6. The molecule has 2 aliphatic heterocycles. The van der Waals surface area contributed by atoms with E-state index in [1.54, 1.807) is 0 Å². The van der Waals surface area contributed by atoms with Crippen molar-refractivity contribution < 1.29 is 13.9 Å². The number of carbonyl (C=O) groups excluding carboxylic acids is 1. The van der Waals surface area contributed by atoms with Crippen LogP contribution in [-0.2, 0) is 11.3 Å². The molecule has 2 saturated heterocycles. The lowest BCUT2D eigenvalue weighted by atomic mass is 10.0. The Balaban J connectivity index is 1.21. The number of anilines is 2. The number of aromatic nitrogens is 4. The van der Waals surface area contributed by atoms with Gasteiger partial charge in [-0.05, 0) is 55.3 Å². The minimum Gasteiger partial charge on any atom is -0.378 e. The number of halogens is 1. The lowest BCUT2D eigenvalue weighted by Gasteiger charge is -2.28. The lowest BCUT2D eigenvalue weighted by Crippen LogP contribution is -2.37. The molecule has 0 saturated carbocycles. The smallest absolute Gasteiger partial charge is 0.276 e. The first kappa shape index (κ1) is 24.4. The SMILES string of the molecule is O=C(Nc1cnc(N2CCOCC2)c(F)c1)c1n[nH]c2ccc(-c3cncc(CN4CCCCC4)c3)cc12. The maximum atomic E-state index is 14.8. The number of ether oxygens (including phenoxy) is 1. The van der Waals surface area contributed by atoms with Crippen molar-refractivity contribution in [3.05, 3.63) is 66.0 Å². The number of fused-ring (bicyclic) bond motifs is 1. The number of carbonyl (C=O) groups is 1. The second kappa shape index (κ2) is 10.8. The monoisotopic (exact) mass is 515 g/mol. The van der Waals surface area contributed by atoms with E-state index in [0.717, 1.165) is 36.3 Å². The van der Waals surface area contributed by atoms with Crippen LogP contribution in [0.5, 0.6) is 0 Å². The van der Waals surface area contributed by atoms with Gasteiger partial charge in [-0.3, -0.25) is 19.8 Å². The van der Waals surface area contributed by atoms with E-state index < -0.39 is 11.7 Å². The molecule has 10 heteroatoms. The summed E-state index contributed by atoms with van der Waals surface area (Å²) < 4.78 is 20.1. The van der Waals surface area contributed by atoms with Gasteiger partial charge in [0.2, 0.25) is 0 Å². The summed E-state index contributed by atoms with van der Waals surface area (Å²) in [4.78, 5) is 26.1. The zero-order valence-electron chi connectivity index (χ0n) is 21.1. The molecule has 1 amide bonds. The number of hydrogen-bond acceptors (Lipinski definition) is 7. The molecule has 2 N–H and O–H groups in total. The summed E-state index contributed by atoms with van der Waals surface area (Å²) >= 11 is 0. The Labute approximate surface area is 220 Å². The van der Waals surface area contributed by atoms with E-state index in [1.165, 1.54) is 37.1 Å². The molecule has 4 aromatic rings. The first-order valence-corrected chi connectivity index (χ1v) is 13.1. The quantitative estimate of drug-likeness (QED) is 0.396. The molecule has 1 aromatic carbocycles. The predicted molar refractivity (Wildman–Crippen MR) is 144 cm³/mol. The van der Waals surface area contributed by atoms with Gasteiger partial charge < -0.3 is 15.0 Å². The van der Waals surface area contributed by atoms with Gasteiger partial charge in [-0.2, -0.15) is 5.10 Å². The highest BCUT2D eigenvalue weighted by atomic mass is 19.1. The number of nitrogens with zero attached hydrogens (tertiary/aromatic N) is 5. The summed E-state index contributed by atoms with van der Waals surface area (Å²) in [5.74, 6) is -0.668. The van der Waals surface area contributed by atoms with Crippen LogP contribution in [0.2, 0.25) is 0 Å². The van der Waals surface area contributed by atoms with E-state index >= 15 is 0 Å². The Morgan fingerprint density at radius 2 is 1.84 bits per heavy atom. The Morgan fingerprint density at radius 3 is 2.66 bits per heavy atom. The Hall–Kier alpha value is -3.89. The number of likely N-dealkylation sites (tertiary alicyclic amines) is 1. The third kappa shape index (κ3) is 5.23. The van der Waals surface area contributed by atoms with Crippen molar-refractivity contribution in [3.63, 3.8) is 0 Å². The number of hydrogen-bond donors (Lipinski definition) is 2. The molecule has 38 heavy (non-hydrogen) atoms. The lowest BCUT2D eigenvalue weighted by molar-refractivity contribution is 0.102. The molecule has 6 rings (SSSR count). The van der Waals surface area contributed by atoms with Crippen molar-refractivity contribution in [2.24, 2.45) is 0 Å². The average molecular weight is 516 g/mol. The van der Waals surface area contributed by atoms with Gasteiger partial charge in [0, 0.05) is 49.0 Å². The Kier molecular flexibility index (Phi) is 6.98. The van der Waals surface area contributed by atoms with Crippen LogP contribution >= 0.6 is 0 Å². The summed E-state index contributed by atoms with van der Waals surface area (Å²) in [6.07, 6.45) is 9.02. The summed E-state index contributed by atoms with van der Waals surface area (Å²) in [6, 6.07) is 9.29. The zero-order valence-corrected chi connectivity index (χ0v) is 21.1. The zero-order chi connectivity index (χ0) is 25.9. The molecular weight excluding hydrogens is 485 g/mol. The fourth-order valence-electron chi connectivity index (χ4n) is 5.17. The van der Waals surface area contributed by atoms with Crippen LogP contribution in [-0.4, -0.2) is 70.4 Å². The van der Waals surface area contributed by atoms with E-state index in [9.17, 15) is 9.18 Å². The number of nitrogens with one attached hydrogen (secondary N) is 2. The standard InChI is InChI=1S/C28H30FN7O2/c29-24-14-22(17-31-27(24)36-8-10-38-11-9-36)32-28(37)26-23-13-20(4-5-25(23)33-34-26)21-12-19(15-30-16-21)18-35-6-2-1-3-7-35/h4-5,12-17H,1-3,6-11,18H2,(H,32,37)(H,33,34). The molecule has 9 nitrogen and oxygen atoms in total. The van der Waals surface area contributed by atoms with Crippen molar-refractivity contribution >= 4 is 28.3 Å². The molecule has 3 aromatic heterocycles. The highest BCUT2D eigenvalue weighted by Gasteiger charge is 2.20. The first-order chi connectivity index (χ1) is 18.6. The Morgan fingerprint density at radius 1 is 1.00 bits per heavy atom. The van der Waals surface area contributed by atoms with E-state index in [2.05, 4.69) is 36.4 Å². The number of amides is 1. The van der Waals surface area contributed by atoms with Crippen LogP contribution in [0.1, 0.15) is 35.3 Å². The fourth-order valence-corrected chi connectivity index (χ4v) is 5.17. The van der Waals surface area contributed by atoms with Crippen molar-refractivity contribution in [2.45, 2.75) is 25.8 Å². The summed E-state index contributed by atoms with van der Waals surface area (Å²) in [6.45, 7) is 5.36. The molecule has 0 bridgehead atoms. The van der Waals surface area contributed by atoms with Crippen molar-refractivity contribution in [2.75, 3.05) is 49.6 Å². The molecular formula is C28H30FN7O2. The second-order valence-corrected chi connectivity index (χ2v) is 9.83. The van der Waals surface area contributed by atoms with Crippen LogP contribution in [0.3, 0.4) is 0 Å². The molecule has 0 unspecified atom stereocenters. The van der Waals surface area contributed by atoms with Gasteiger partial charge in [-0.15, -0.1) is 0 Å². The number of H-pyrrole nitrogens is 1. The van der Waals surface area contributed by atoms with Crippen LogP contribution in [0.15, 0.2) is 48.9 Å². The second-order valence-electron chi connectivity index (χ2n) is 9.83. The Bertz CT molecular complexity index is 1440. The molecule has 2 aliphatic rings. The normalized spacial score (nSPS) is 16.6. The van der Waals surface area contributed by atoms with E-state index in [1.807, 2.05) is 35.5 Å². The number of morpholine rings is 1. The largest absolute Gasteiger partial charge is 0.378 e. The minimum atomic E-state index is -0.490. The van der Waals surface area contributed by atoms with Gasteiger partial charge in [-0.1, -0.05) is 12.5 Å². The maximum Gasteiger partial charge on any atom is 0.276 e. The van der Waals surface area contributed by atoms with E-state index in [-0.39, 0.29) is 17.2 Å². The van der Waals surface area contributed by atoms with Crippen LogP contribution in [0, 0.1) is 5.82 Å². The molecule has 0 radical (unpaired) electrons. The van der Waals surface area contributed by atoms with E-state index in [0.29, 0.717) is 31.7 Å². The third-order valence-electron chi connectivity index (χ3n) is 7.15. The number of pyridine rings is 2. The maximum absolute atomic E-state index is 14.8. The van der Waals surface area contributed by atoms with Gasteiger partial charge in [0.05, 0.1) is 30.6 Å². The third-order valence-corrected chi connectivity index (χ3v) is 7.15. The molecule has 2 fully saturated rings. The summed E-state index contributed by atoms with van der Waals surface area (Å²) in [7, 11) is 0. The van der Waals surface area contributed by atoms with Crippen molar-refractivity contribution in [3.8, 4) is 11.1 Å².